The molecule has 0 spiro atoms. The van der Waals surface area contributed by atoms with Crippen molar-refractivity contribution in [2.45, 2.75) is 117 Å². The van der Waals surface area contributed by atoms with Gasteiger partial charge in [-0.3, -0.25) is 19.4 Å². The van der Waals surface area contributed by atoms with Gasteiger partial charge in [-0.25, -0.2) is 19.6 Å². The van der Waals surface area contributed by atoms with Gasteiger partial charge in [0.2, 0.25) is 11.8 Å². The van der Waals surface area contributed by atoms with Crippen LogP contribution in [0.2, 0.25) is 0 Å². The highest BCUT2D eigenvalue weighted by molar-refractivity contribution is 5.87. The molecule has 3 unspecified atom stereocenters. The van der Waals surface area contributed by atoms with Crippen molar-refractivity contribution in [2.24, 2.45) is 11.8 Å². The van der Waals surface area contributed by atoms with E-state index in [1.54, 1.807) is 18.1 Å². The number of hydrogen-bond donors (Lipinski definition) is 3. The molecule has 6 rings (SSSR count). The van der Waals surface area contributed by atoms with Crippen molar-refractivity contribution in [1.82, 2.24) is 39.5 Å². The van der Waals surface area contributed by atoms with Crippen LogP contribution in [-0.2, 0) is 14.3 Å². The second-order valence-electron chi connectivity index (χ2n) is 17.5. The first kappa shape index (κ1) is 43.9. The number of carbonyl (C=O) groups is 4. The number of hydrogen-bond acceptors (Lipinski definition) is 7. The fourth-order valence-corrected chi connectivity index (χ4v) is 8.55. The average Bonchev–Trinajstić information content (AvgIpc) is 4.07. The number of amides is 4. The molecule has 2 aromatic carbocycles. The molecule has 60 heavy (non-hydrogen) atoms. The first-order valence-corrected chi connectivity index (χ1v) is 21.4. The summed E-state index contributed by atoms with van der Waals surface area (Å²) < 4.78 is 5.63. The maximum Gasteiger partial charge on any atom is 0.410 e. The number of aromatic amines is 2. The highest BCUT2D eigenvalue weighted by Gasteiger charge is 2.42. The van der Waals surface area contributed by atoms with Gasteiger partial charge in [-0.2, -0.15) is 0 Å². The number of aromatic nitrogens is 4. The predicted octanol–water partition coefficient (Wildman–Crippen LogP) is 8.77. The molecule has 4 aromatic rings. The van der Waals surface area contributed by atoms with E-state index in [1.165, 1.54) is 11.9 Å². The summed E-state index contributed by atoms with van der Waals surface area (Å²) >= 11 is 0. The molecule has 322 valence electrons. The van der Waals surface area contributed by atoms with Crippen molar-refractivity contribution in [3.63, 3.8) is 0 Å². The number of nitrogens with one attached hydrogen (secondary N) is 2. The van der Waals surface area contributed by atoms with Gasteiger partial charge < -0.3 is 29.6 Å². The third-order valence-electron chi connectivity index (χ3n) is 12.3. The second kappa shape index (κ2) is 18.3. The number of benzene rings is 2. The number of H-pyrrole nitrogens is 2. The lowest BCUT2D eigenvalue weighted by molar-refractivity contribution is -0.139. The number of nitrogens with zero attached hydrogens (tertiary/aromatic N) is 6. The van der Waals surface area contributed by atoms with Gasteiger partial charge >= 0.3 is 12.2 Å². The molecule has 2 fully saturated rings. The minimum Gasteiger partial charge on any atom is -0.465 e. The lowest BCUT2D eigenvalue weighted by atomic mass is 9.96. The molecule has 0 radical (unpaired) electrons. The highest BCUT2D eigenvalue weighted by Crippen LogP contribution is 2.36. The van der Waals surface area contributed by atoms with Gasteiger partial charge in [0.25, 0.3) is 0 Å². The molecular weight excluding hydrogens is 761 g/mol. The Morgan fingerprint density at radius 1 is 0.717 bits per heavy atom. The first-order valence-electron chi connectivity index (χ1n) is 21.4. The van der Waals surface area contributed by atoms with E-state index in [-0.39, 0.29) is 35.7 Å². The topological polar surface area (TPSA) is 168 Å². The van der Waals surface area contributed by atoms with Crippen LogP contribution in [0.1, 0.15) is 111 Å². The van der Waals surface area contributed by atoms with Crippen LogP contribution < -0.4 is 0 Å². The van der Waals surface area contributed by atoms with Gasteiger partial charge in [0.05, 0.1) is 35.9 Å². The van der Waals surface area contributed by atoms with Crippen LogP contribution >= 0.6 is 0 Å². The van der Waals surface area contributed by atoms with Crippen LogP contribution in [0.4, 0.5) is 9.59 Å². The summed E-state index contributed by atoms with van der Waals surface area (Å²) in [7, 11) is 3.12. The Morgan fingerprint density at radius 3 is 1.47 bits per heavy atom. The monoisotopic (exact) mass is 822 g/mol. The van der Waals surface area contributed by atoms with Gasteiger partial charge in [0.1, 0.15) is 29.3 Å². The van der Waals surface area contributed by atoms with Crippen LogP contribution in [0.25, 0.3) is 33.6 Å². The SMILES string of the molecule is CCC(C)[C@@H](C(=O)N1CCC[C@H]1c1ncc(-c2ccc(-c3ccc(-c4cnc(C5CCCN5C(=O)[C@H](C(C)CC)N(C)C(=O)OC(C)(C)C)[nH]4)cc3)cc2)[nH]1)N(C)C(=O)O. The van der Waals surface area contributed by atoms with Gasteiger partial charge in [-0.15, -0.1) is 0 Å². The molecule has 0 aliphatic carbocycles. The van der Waals surface area contributed by atoms with Crippen LogP contribution in [0.3, 0.4) is 0 Å². The standard InChI is InChI=1S/C46H62N8O6/c1-10-28(3)38(51(8)44(57)58)42(55)53-24-12-14-36(53)40-47-26-34(49-40)32-20-16-30(17-21-32)31-18-22-33(23-19-31)35-27-48-41(50-35)37-15-13-25-54(37)43(56)39(29(4)11-2)52(9)45(59)60-46(5,6)7/h16-23,26-29,36-39H,10-15,24-25H2,1-9H3,(H,47,49)(H,48,50)(H,57,58)/t28?,29?,36-,37?,38-,39-/m0/s1. The predicted molar refractivity (Wildman–Crippen MR) is 231 cm³/mol. The van der Waals surface area contributed by atoms with E-state index in [0.717, 1.165) is 76.5 Å². The summed E-state index contributed by atoms with van der Waals surface area (Å²) in [5.74, 6) is 0.976. The van der Waals surface area contributed by atoms with Crippen molar-refractivity contribution < 1.29 is 29.0 Å². The summed E-state index contributed by atoms with van der Waals surface area (Å²) in [6.45, 7) is 14.5. The lowest BCUT2D eigenvalue weighted by Gasteiger charge is -2.36. The van der Waals surface area contributed by atoms with Crippen molar-refractivity contribution in [1.29, 1.82) is 0 Å². The van der Waals surface area contributed by atoms with E-state index in [2.05, 4.69) is 51.4 Å². The average molecular weight is 823 g/mol. The summed E-state index contributed by atoms with van der Waals surface area (Å²) in [6, 6.07) is 14.6. The smallest absolute Gasteiger partial charge is 0.410 e. The zero-order valence-electron chi connectivity index (χ0n) is 36.6. The largest absolute Gasteiger partial charge is 0.465 e. The molecule has 0 saturated carbocycles. The molecule has 14 heteroatoms. The van der Waals surface area contributed by atoms with E-state index < -0.39 is 29.9 Å². The van der Waals surface area contributed by atoms with Gasteiger partial charge in [-0.1, -0.05) is 89.1 Å². The molecule has 3 N–H and O–H groups in total. The number of rotatable bonds is 13. The molecular formula is C46H62N8O6. The lowest BCUT2D eigenvalue weighted by Crippen LogP contribution is -2.53. The van der Waals surface area contributed by atoms with Crippen LogP contribution in [0, 0.1) is 11.8 Å². The molecule has 2 saturated heterocycles. The number of ether oxygens (including phenoxy) is 1. The summed E-state index contributed by atoms with van der Waals surface area (Å²) in [6.07, 6.45) is 6.61. The number of likely N-dealkylation sites (tertiary alicyclic amines) is 2. The molecule has 14 nitrogen and oxygen atoms in total. The summed E-state index contributed by atoms with van der Waals surface area (Å²) in [5.41, 5.74) is 5.07. The van der Waals surface area contributed by atoms with Crippen LogP contribution in [0.15, 0.2) is 60.9 Å². The Morgan fingerprint density at radius 2 is 1.10 bits per heavy atom. The van der Waals surface area contributed by atoms with Crippen molar-refractivity contribution >= 4 is 24.0 Å². The van der Waals surface area contributed by atoms with Gasteiger partial charge in [-0.05, 0) is 80.5 Å². The normalized spacial score (nSPS) is 18.8. The van der Waals surface area contributed by atoms with Gasteiger partial charge in [0.15, 0.2) is 0 Å². The molecule has 6 atom stereocenters. The molecule has 2 aromatic heterocycles. The Labute approximate surface area is 353 Å². The van der Waals surface area contributed by atoms with Crippen molar-refractivity contribution in [3.05, 3.63) is 72.6 Å². The maximum absolute atomic E-state index is 14.2. The van der Waals surface area contributed by atoms with Crippen LogP contribution in [-0.4, -0.2) is 114 Å². The van der Waals surface area contributed by atoms with Crippen LogP contribution in [0.5, 0.6) is 0 Å². The summed E-state index contributed by atoms with van der Waals surface area (Å²) in [5, 5.41) is 9.69. The van der Waals surface area contributed by atoms with Gasteiger partial charge in [0, 0.05) is 27.2 Å². The van der Waals surface area contributed by atoms with E-state index in [1.807, 2.05) is 71.7 Å². The minimum absolute atomic E-state index is 0.0625. The zero-order valence-corrected chi connectivity index (χ0v) is 36.6. The number of carboxylic acid groups (broad SMARTS) is 1. The molecule has 2 aliphatic rings. The minimum atomic E-state index is -1.11. The Kier molecular flexibility index (Phi) is 13.4. The molecule has 4 amide bonds. The third-order valence-corrected chi connectivity index (χ3v) is 12.3. The Balaban J connectivity index is 1.12. The Hall–Kier alpha value is -5.66. The maximum atomic E-state index is 14.2. The number of likely N-dealkylation sites (N-methyl/N-ethyl adjacent to an activating group) is 2. The molecule has 4 heterocycles. The van der Waals surface area contributed by atoms with E-state index in [9.17, 15) is 24.3 Å². The highest BCUT2D eigenvalue weighted by atomic mass is 16.6. The fourth-order valence-electron chi connectivity index (χ4n) is 8.55. The molecule has 2 aliphatic heterocycles. The Bertz CT molecular complexity index is 2120. The van der Waals surface area contributed by atoms with E-state index in [4.69, 9.17) is 9.72 Å². The van der Waals surface area contributed by atoms with Crippen molar-refractivity contribution in [3.8, 4) is 33.6 Å². The van der Waals surface area contributed by atoms with Crippen molar-refractivity contribution in [2.75, 3.05) is 27.2 Å². The van der Waals surface area contributed by atoms with E-state index in [0.29, 0.717) is 25.3 Å². The van der Waals surface area contributed by atoms with E-state index >= 15 is 0 Å². The second-order valence-corrected chi connectivity index (χ2v) is 17.5. The molecule has 0 bridgehead atoms. The quantitative estimate of drug-likeness (QED) is 0.120. The summed E-state index contributed by atoms with van der Waals surface area (Å²) in [4.78, 5) is 75.5. The number of imidazole rings is 2. The first-order chi connectivity index (χ1) is 28.5. The number of carbonyl (C=O) groups excluding carboxylic acids is 3. The zero-order chi connectivity index (χ0) is 43.5. The third kappa shape index (κ3) is 9.37. The fraction of sp³-hybridized carbons (Fsp3) is 0.522.